The lowest BCUT2D eigenvalue weighted by atomic mass is 10.1. The maximum Gasteiger partial charge on any atom is 0.372 e. The Morgan fingerprint density at radius 3 is 2.65 bits per heavy atom. The Morgan fingerprint density at radius 2 is 2.06 bits per heavy atom. The quantitative estimate of drug-likeness (QED) is 0.888. The van der Waals surface area contributed by atoms with E-state index in [0.29, 0.717) is 10.6 Å². The molecule has 0 bridgehead atoms. The van der Waals surface area contributed by atoms with E-state index in [0.717, 1.165) is 4.74 Å². The van der Waals surface area contributed by atoms with E-state index in [2.05, 4.69) is 0 Å². The summed E-state index contributed by atoms with van der Waals surface area (Å²) in [6.45, 7) is 0. The number of hydrogen-bond donors (Lipinski definition) is 1. The van der Waals surface area contributed by atoms with Crippen LogP contribution in [0, 0.1) is 0 Å². The molecule has 17 heavy (non-hydrogen) atoms. The van der Waals surface area contributed by atoms with Gasteiger partial charge < -0.3 is 9.63 Å². The van der Waals surface area contributed by atoms with Gasteiger partial charge in [0, 0.05) is 12.6 Å². The van der Waals surface area contributed by atoms with Crippen molar-refractivity contribution in [2.24, 2.45) is 7.05 Å². The SMILES string of the molecule is Cn1oc(=O)c(C(=O)O)c1-c1ccccc1Cl. The number of hydrogen-bond acceptors (Lipinski definition) is 3. The highest BCUT2D eigenvalue weighted by Gasteiger charge is 2.24. The third kappa shape index (κ3) is 1.85. The summed E-state index contributed by atoms with van der Waals surface area (Å²) in [5.74, 6) is -1.34. The number of benzene rings is 1. The second kappa shape index (κ2) is 4.10. The molecule has 5 nitrogen and oxygen atoms in total. The number of rotatable bonds is 2. The summed E-state index contributed by atoms with van der Waals surface area (Å²) in [5.41, 5.74) is -0.705. The maximum atomic E-state index is 11.4. The summed E-state index contributed by atoms with van der Waals surface area (Å²) < 4.78 is 5.84. The van der Waals surface area contributed by atoms with Gasteiger partial charge in [-0.15, -0.1) is 0 Å². The minimum absolute atomic E-state index is 0.160. The molecule has 0 aliphatic carbocycles. The summed E-state index contributed by atoms with van der Waals surface area (Å²) in [6, 6.07) is 6.65. The zero-order valence-electron chi connectivity index (χ0n) is 8.81. The molecule has 0 unspecified atom stereocenters. The Labute approximate surface area is 101 Å². The highest BCUT2D eigenvalue weighted by Crippen LogP contribution is 2.28. The van der Waals surface area contributed by atoms with Crippen molar-refractivity contribution in [1.82, 2.24) is 4.74 Å². The van der Waals surface area contributed by atoms with Crippen molar-refractivity contribution in [2.45, 2.75) is 0 Å². The van der Waals surface area contributed by atoms with Crippen molar-refractivity contribution in [3.8, 4) is 11.3 Å². The van der Waals surface area contributed by atoms with Gasteiger partial charge in [0.25, 0.3) is 0 Å². The first kappa shape index (κ1) is 11.5. The minimum Gasteiger partial charge on any atom is -0.477 e. The van der Waals surface area contributed by atoms with E-state index in [-0.39, 0.29) is 5.69 Å². The number of carboxylic acids is 1. The van der Waals surface area contributed by atoms with Gasteiger partial charge in [-0.3, -0.25) is 0 Å². The van der Waals surface area contributed by atoms with Crippen LogP contribution in [0.25, 0.3) is 11.3 Å². The van der Waals surface area contributed by atoms with Gasteiger partial charge in [0.2, 0.25) is 0 Å². The molecular weight excluding hydrogens is 246 g/mol. The molecule has 0 aliphatic rings. The first-order chi connectivity index (χ1) is 8.02. The van der Waals surface area contributed by atoms with Gasteiger partial charge in [-0.2, -0.15) is 0 Å². The second-order valence-electron chi connectivity index (χ2n) is 3.38. The third-order valence-electron chi connectivity index (χ3n) is 2.32. The average Bonchev–Trinajstić information content (AvgIpc) is 2.54. The van der Waals surface area contributed by atoms with E-state index < -0.39 is 17.2 Å². The summed E-state index contributed by atoms with van der Waals surface area (Å²) in [5, 5.41) is 9.35. The van der Waals surface area contributed by atoms with E-state index >= 15 is 0 Å². The van der Waals surface area contributed by atoms with Gasteiger partial charge in [-0.05, 0) is 6.07 Å². The predicted octanol–water partition coefficient (Wildman–Crippen LogP) is 2.00. The van der Waals surface area contributed by atoms with Crippen LogP contribution in [-0.2, 0) is 7.05 Å². The van der Waals surface area contributed by atoms with Crippen molar-refractivity contribution in [1.29, 1.82) is 0 Å². The van der Waals surface area contributed by atoms with E-state index in [4.69, 9.17) is 21.2 Å². The Kier molecular flexibility index (Phi) is 2.77. The molecule has 1 aromatic carbocycles. The Bertz CT molecular complexity index is 641. The lowest BCUT2D eigenvalue weighted by Gasteiger charge is -2.04. The topological polar surface area (TPSA) is 72.4 Å². The molecule has 6 heteroatoms. The molecule has 0 spiro atoms. The summed E-state index contributed by atoms with van der Waals surface area (Å²) in [4.78, 5) is 22.4. The number of aromatic carboxylic acids is 1. The van der Waals surface area contributed by atoms with Crippen LogP contribution < -0.4 is 5.63 Å². The van der Waals surface area contributed by atoms with Crippen molar-refractivity contribution in [2.75, 3.05) is 0 Å². The fourth-order valence-corrected chi connectivity index (χ4v) is 1.84. The molecule has 1 heterocycles. The van der Waals surface area contributed by atoms with Crippen LogP contribution in [0.5, 0.6) is 0 Å². The monoisotopic (exact) mass is 253 g/mol. The first-order valence-electron chi connectivity index (χ1n) is 4.71. The van der Waals surface area contributed by atoms with Gasteiger partial charge >= 0.3 is 11.6 Å². The summed E-state index contributed by atoms with van der Waals surface area (Å²) in [6.07, 6.45) is 0. The number of aryl methyl sites for hydroxylation is 1. The zero-order chi connectivity index (χ0) is 12.6. The third-order valence-corrected chi connectivity index (χ3v) is 2.65. The van der Waals surface area contributed by atoms with Crippen molar-refractivity contribution >= 4 is 17.6 Å². The number of carboxylic acid groups (broad SMARTS) is 1. The highest BCUT2D eigenvalue weighted by atomic mass is 35.5. The average molecular weight is 254 g/mol. The number of aromatic nitrogens is 1. The first-order valence-corrected chi connectivity index (χ1v) is 5.08. The smallest absolute Gasteiger partial charge is 0.372 e. The standard InChI is InChI=1S/C11H8ClNO4/c1-13-9(6-4-2-3-5-7(6)12)8(10(14)15)11(16)17-13/h2-5H,1H3,(H,14,15). The molecule has 88 valence electrons. The largest absolute Gasteiger partial charge is 0.477 e. The molecule has 2 aromatic rings. The van der Waals surface area contributed by atoms with E-state index in [1.165, 1.54) is 7.05 Å². The van der Waals surface area contributed by atoms with Gasteiger partial charge in [-0.1, -0.05) is 29.8 Å². The zero-order valence-corrected chi connectivity index (χ0v) is 9.56. The maximum absolute atomic E-state index is 11.4. The molecule has 2 rings (SSSR count). The number of nitrogens with zero attached hydrogens (tertiary/aromatic N) is 1. The van der Waals surface area contributed by atoms with Crippen LogP contribution in [0.2, 0.25) is 5.02 Å². The predicted molar refractivity (Wildman–Crippen MR) is 61.4 cm³/mol. The van der Waals surface area contributed by atoms with Crippen LogP contribution >= 0.6 is 11.6 Å². The molecule has 0 saturated carbocycles. The summed E-state index contributed by atoms with van der Waals surface area (Å²) in [7, 11) is 1.45. The van der Waals surface area contributed by atoms with Gasteiger partial charge in [0.1, 0.15) is 5.69 Å². The van der Waals surface area contributed by atoms with Gasteiger partial charge in [-0.25, -0.2) is 14.3 Å². The van der Waals surface area contributed by atoms with E-state index in [1.807, 2.05) is 0 Å². The Balaban J connectivity index is 2.80. The fourth-order valence-electron chi connectivity index (χ4n) is 1.62. The molecule has 1 N–H and O–H groups in total. The molecule has 0 atom stereocenters. The number of carbonyl (C=O) groups is 1. The van der Waals surface area contributed by atoms with Crippen LogP contribution in [0.1, 0.15) is 10.4 Å². The Hall–Kier alpha value is -2.01. The molecule has 1 aromatic heterocycles. The van der Waals surface area contributed by atoms with Crippen LogP contribution in [0.15, 0.2) is 33.6 Å². The van der Waals surface area contributed by atoms with Crippen LogP contribution in [0.3, 0.4) is 0 Å². The molecular formula is C11H8ClNO4. The molecule has 0 aliphatic heterocycles. The van der Waals surface area contributed by atoms with E-state index in [9.17, 15) is 9.59 Å². The van der Waals surface area contributed by atoms with Crippen molar-refractivity contribution in [3.05, 3.63) is 45.3 Å². The molecule has 0 saturated heterocycles. The second-order valence-corrected chi connectivity index (χ2v) is 3.79. The van der Waals surface area contributed by atoms with E-state index in [1.54, 1.807) is 24.3 Å². The lowest BCUT2D eigenvalue weighted by molar-refractivity contribution is 0.0695. The van der Waals surface area contributed by atoms with Crippen molar-refractivity contribution in [3.63, 3.8) is 0 Å². The lowest BCUT2D eigenvalue weighted by Crippen LogP contribution is -2.09. The minimum atomic E-state index is -1.34. The van der Waals surface area contributed by atoms with Gasteiger partial charge in [0.15, 0.2) is 5.56 Å². The molecule has 0 amide bonds. The van der Waals surface area contributed by atoms with Crippen molar-refractivity contribution < 1.29 is 14.4 Å². The normalized spacial score (nSPS) is 10.5. The highest BCUT2D eigenvalue weighted by molar-refractivity contribution is 6.33. The molecule has 0 fully saturated rings. The number of halogens is 1. The summed E-state index contributed by atoms with van der Waals surface area (Å²) >= 11 is 5.97. The van der Waals surface area contributed by atoms with Crippen LogP contribution in [0.4, 0.5) is 0 Å². The van der Waals surface area contributed by atoms with Gasteiger partial charge in [0.05, 0.1) is 5.02 Å². The Morgan fingerprint density at radius 1 is 1.41 bits per heavy atom. The fraction of sp³-hybridized carbons (Fsp3) is 0.0909. The molecule has 0 radical (unpaired) electrons. The van der Waals surface area contributed by atoms with Crippen LogP contribution in [-0.4, -0.2) is 15.8 Å².